The van der Waals surface area contributed by atoms with E-state index in [2.05, 4.69) is 20.8 Å². The van der Waals surface area contributed by atoms with Crippen molar-refractivity contribution in [3.63, 3.8) is 0 Å². The average molecular weight is 344 g/mol. The molecule has 0 saturated heterocycles. The van der Waals surface area contributed by atoms with E-state index in [1.165, 1.54) is 17.8 Å². The second kappa shape index (κ2) is 8.33. The molecule has 22 heavy (non-hydrogen) atoms. The maximum atomic E-state index is 11.9. The van der Waals surface area contributed by atoms with Crippen LogP contribution in [-0.4, -0.2) is 38.6 Å². The van der Waals surface area contributed by atoms with E-state index in [1.54, 1.807) is 0 Å². The summed E-state index contributed by atoms with van der Waals surface area (Å²) >= 11 is 2.34. The van der Waals surface area contributed by atoms with E-state index in [0.717, 1.165) is 37.4 Å². The Morgan fingerprint density at radius 3 is 2.73 bits per heavy atom. The number of rotatable bonds is 6. The number of anilines is 1. The molecule has 0 aliphatic heterocycles. The lowest BCUT2D eigenvalue weighted by atomic mass is 9.96. The molecule has 0 unspecified atom stereocenters. The summed E-state index contributed by atoms with van der Waals surface area (Å²) in [6.07, 6.45) is 6.07. The van der Waals surface area contributed by atoms with Gasteiger partial charge in [-0.1, -0.05) is 49.3 Å². The molecule has 1 fully saturated rings. The van der Waals surface area contributed by atoms with Crippen LogP contribution in [-0.2, 0) is 4.79 Å². The highest BCUT2D eigenvalue weighted by Crippen LogP contribution is 2.30. The van der Waals surface area contributed by atoms with Crippen LogP contribution in [0.15, 0.2) is 4.34 Å². The zero-order valence-corrected chi connectivity index (χ0v) is 14.0. The number of nitrogens with one attached hydrogen (secondary N) is 2. The van der Waals surface area contributed by atoms with E-state index in [0.29, 0.717) is 15.9 Å². The van der Waals surface area contributed by atoms with Gasteiger partial charge < -0.3 is 10.4 Å². The second-order valence-electron chi connectivity index (χ2n) is 5.16. The van der Waals surface area contributed by atoms with E-state index in [4.69, 9.17) is 5.11 Å². The van der Waals surface area contributed by atoms with Gasteiger partial charge in [0.25, 0.3) is 0 Å². The largest absolute Gasteiger partial charge is 0.480 e. The molecule has 1 aliphatic rings. The average Bonchev–Trinajstić information content (AvgIpc) is 2.92. The number of hydrogen-bond acceptors (Lipinski definition) is 6. The lowest BCUT2D eigenvalue weighted by molar-refractivity contribution is -0.136. The normalized spacial score (nSPS) is 17.0. The van der Waals surface area contributed by atoms with Crippen molar-refractivity contribution >= 4 is 40.2 Å². The third kappa shape index (κ3) is 5.13. The van der Waals surface area contributed by atoms with E-state index in [1.807, 2.05) is 6.92 Å². The van der Waals surface area contributed by atoms with Crippen molar-refractivity contribution in [1.82, 2.24) is 15.5 Å². The predicted octanol–water partition coefficient (Wildman–Crippen LogP) is 2.95. The number of hydrogen-bond donors (Lipinski definition) is 3. The van der Waals surface area contributed by atoms with Crippen molar-refractivity contribution < 1.29 is 14.7 Å². The van der Waals surface area contributed by atoms with Crippen LogP contribution in [0, 0.1) is 0 Å². The number of carbonyl (C=O) groups excluding carboxylic acids is 1. The van der Waals surface area contributed by atoms with Crippen LogP contribution in [0.1, 0.15) is 45.4 Å². The fraction of sp³-hybridized carbons (Fsp3) is 0.692. The molecule has 1 heterocycles. The molecule has 1 aliphatic carbocycles. The number of aliphatic carboxylic acids is 1. The van der Waals surface area contributed by atoms with Gasteiger partial charge in [0.1, 0.15) is 5.25 Å². The Balaban J connectivity index is 1.83. The number of nitrogens with zero attached hydrogens (tertiary/aromatic N) is 2. The second-order valence-corrected chi connectivity index (χ2v) is 7.59. The van der Waals surface area contributed by atoms with Gasteiger partial charge in [-0.2, -0.15) is 0 Å². The molecule has 7 nitrogen and oxygen atoms in total. The van der Waals surface area contributed by atoms with Gasteiger partial charge in [0.15, 0.2) is 4.34 Å². The number of carboxylic acids is 1. The van der Waals surface area contributed by atoms with Gasteiger partial charge in [-0.15, -0.1) is 10.2 Å². The van der Waals surface area contributed by atoms with Crippen molar-refractivity contribution in [3.05, 3.63) is 0 Å². The summed E-state index contributed by atoms with van der Waals surface area (Å²) in [5, 5.41) is 22.3. The Morgan fingerprint density at radius 1 is 1.36 bits per heavy atom. The number of urea groups is 1. The lowest BCUT2D eigenvalue weighted by Gasteiger charge is -2.22. The minimum absolute atomic E-state index is 0.229. The topological polar surface area (TPSA) is 104 Å². The summed E-state index contributed by atoms with van der Waals surface area (Å²) in [5.41, 5.74) is 0. The summed E-state index contributed by atoms with van der Waals surface area (Å²) in [6, 6.07) is -0.0446. The van der Waals surface area contributed by atoms with Crippen molar-refractivity contribution in [2.24, 2.45) is 0 Å². The van der Waals surface area contributed by atoms with Gasteiger partial charge in [0, 0.05) is 6.04 Å². The number of carbonyl (C=O) groups is 2. The van der Waals surface area contributed by atoms with Crippen LogP contribution in [0.25, 0.3) is 0 Å². The third-order valence-electron chi connectivity index (χ3n) is 3.46. The number of thioether (sulfide) groups is 1. The molecule has 0 radical (unpaired) electrons. The predicted molar refractivity (Wildman–Crippen MR) is 86.5 cm³/mol. The molecule has 1 saturated carbocycles. The van der Waals surface area contributed by atoms with Crippen molar-refractivity contribution in [2.75, 3.05) is 5.32 Å². The highest BCUT2D eigenvalue weighted by Gasteiger charge is 2.20. The van der Waals surface area contributed by atoms with Gasteiger partial charge in [0.2, 0.25) is 5.13 Å². The molecule has 0 bridgehead atoms. The van der Waals surface area contributed by atoms with E-state index >= 15 is 0 Å². The van der Waals surface area contributed by atoms with E-state index < -0.39 is 11.2 Å². The van der Waals surface area contributed by atoms with Crippen LogP contribution in [0.5, 0.6) is 0 Å². The first-order valence-electron chi connectivity index (χ1n) is 7.39. The minimum Gasteiger partial charge on any atom is -0.480 e. The number of amides is 2. The van der Waals surface area contributed by atoms with Crippen LogP contribution in [0.3, 0.4) is 0 Å². The quantitative estimate of drug-likeness (QED) is 0.541. The molecule has 2 amide bonds. The molecule has 2 rings (SSSR count). The third-order valence-corrected chi connectivity index (χ3v) is 5.73. The van der Waals surface area contributed by atoms with Crippen LogP contribution in [0.4, 0.5) is 9.93 Å². The zero-order valence-electron chi connectivity index (χ0n) is 12.4. The summed E-state index contributed by atoms with van der Waals surface area (Å²) in [4.78, 5) is 22.9. The Bertz CT molecular complexity index is 517. The zero-order chi connectivity index (χ0) is 15.9. The number of carboxylic acid groups (broad SMARTS) is 1. The van der Waals surface area contributed by atoms with Crippen molar-refractivity contribution in [2.45, 2.75) is 61.1 Å². The van der Waals surface area contributed by atoms with Crippen LogP contribution < -0.4 is 10.6 Å². The Kier molecular flexibility index (Phi) is 6.44. The van der Waals surface area contributed by atoms with Gasteiger partial charge in [-0.25, -0.2) is 4.79 Å². The van der Waals surface area contributed by atoms with Gasteiger partial charge in [-0.05, 0) is 19.3 Å². The first-order valence-corrected chi connectivity index (χ1v) is 9.08. The summed E-state index contributed by atoms with van der Waals surface area (Å²) in [5.74, 6) is -0.868. The fourth-order valence-corrected chi connectivity index (χ4v) is 4.15. The molecular formula is C13H20N4O3S2. The van der Waals surface area contributed by atoms with Crippen LogP contribution in [0.2, 0.25) is 0 Å². The van der Waals surface area contributed by atoms with E-state index in [9.17, 15) is 9.59 Å². The molecule has 9 heteroatoms. The Morgan fingerprint density at radius 2 is 2.09 bits per heavy atom. The van der Waals surface area contributed by atoms with Crippen molar-refractivity contribution in [3.8, 4) is 0 Å². The number of aromatic nitrogens is 2. The standard InChI is InChI=1S/C13H20N4O3S2/c1-2-9(10(18)19)21-13-17-16-12(22-13)15-11(20)14-8-6-4-3-5-7-8/h8-9H,2-7H2,1H3,(H,18,19)(H2,14,15,16,20)/t9-/m0/s1. The highest BCUT2D eigenvalue weighted by atomic mass is 32.2. The Hall–Kier alpha value is -1.35. The molecule has 1 aromatic rings. The van der Waals surface area contributed by atoms with Gasteiger partial charge >= 0.3 is 12.0 Å². The fourth-order valence-electron chi connectivity index (χ4n) is 2.30. The highest BCUT2D eigenvalue weighted by molar-refractivity contribution is 8.02. The molecule has 1 atom stereocenters. The van der Waals surface area contributed by atoms with Crippen LogP contribution >= 0.6 is 23.1 Å². The monoisotopic (exact) mass is 344 g/mol. The molecule has 0 spiro atoms. The molecule has 0 aromatic carbocycles. The molecule has 1 aromatic heterocycles. The van der Waals surface area contributed by atoms with Gasteiger partial charge in [-0.3, -0.25) is 10.1 Å². The van der Waals surface area contributed by atoms with Crippen molar-refractivity contribution in [1.29, 1.82) is 0 Å². The minimum atomic E-state index is -0.868. The lowest BCUT2D eigenvalue weighted by Crippen LogP contribution is -2.38. The molecular weight excluding hydrogens is 324 g/mol. The maximum absolute atomic E-state index is 11.9. The summed E-state index contributed by atoms with van der Waals surface area (Å²) < 4.78 is 0.544. The first kappa shape index (κ1) is 17.0. The molecule has 122 valence electrons. The SMILES string of the molecule is CC[C@H](Sc1nnc(NC(=O)NC2CCCCC2)s1)C(=O)O. The van der Waals surface area contributed by atoms with Gasteiger partial charge in [0.05, 0.1) is 0 Å². The summed E-state index contributed by atoms with van der Waals surface area (Å²) in [7, 11) is 0. The van der Waals surface area contributed by atoms with E-state index in [-0.39, 0.29) is 12.1 Å². The smallest absolute Gasteiger partial charge is 0.321 e. The molecule has 3 N–H and O–H groups in total. The maximum Gasteiger partial charge on any atom is 0.321 e. The summed E-state index contributed by atoms with van der Waals surface area (Å²) in [6.45, 7) is 1.81. The Labute approximate surface area is 137 Å². The first-order chi connectivity index (χ1) is 10.6.